The molecule has 14 heteroatoms. The maximum Gasteiger partial charge on any atom is 0.573 e. The predicted molar refractivity (Wildman–Crippen MR) is 147 cm³/mol. The van der Waals surface area contributed by atoms with E-state index in [0.717, 1.165) is 17.7 Å². The second-order valence-electron chi connectivity index (χ2n) is 10.3. The first-order valence-electron chi connectivity index (χ1n) is 13.5. The largest absolute Gasteiger partial charge is 0.573 e. The van der Waals surface area contributed by atoms with Crippen LogP contribution in [0.25, 0.3) is 0 Å². The van der Waals surface area contributed by atoms with Gasteiger partial charge in [-0.15, -0.1) is 13.2 Å². The Morgan fingerprint density at radius 1 is 1.00 bits per heavy atom. The van der Waals surface area contributed by atoms with Crippen molar-refractivity contribution in [2.24, 2.45) is 0 Å². The number of nitrogens with zero attached hydrogens (tertiary/aromatic N) is 2. The van der Waals surface area contributed by atoms with Crippen LogP contribution in [-0.4, -0.2) is 47.2 Å². The lowest BCUT2D eigenvalue weighted by Gasteiger charge is -2.30. The highest BCUT2D eigenvalue weighted by Crippen LogP contribution is 2.30. The zero-order valence-corrected chi connectivity index (χ0v) is 23.5. The van der Waals surface area contributed by atoms with Gasteiger partial charge in [0, 0.05) is 24.3 Å². The second-order valence-corrected chi connectivity index (χ2v) is 10.3. The summed E-state index contributed by atoms with van der Waals surface area (Å²) < 4.78 is 82.2. The van der Waals surface area contributed by atoms with Gasteiger partial charge in [-0.05, 0) is 62.1 Å². The molecule has 0 saturated carbocycles. The number of rotatable bonds is 8. The van der Waals surface area contributed by atoms with Gasteiger partial charge in [0.15, 0.2) is 0 Å². The molecular formula is C30H28F6N4O4. The Hall–Kier alpha value is -4.62. The topological polar surface area (TPSA) is 101 Å². The van der Waals surface area contributed by atoms with Gasteiger partial charge in [0.2, 0.25) is 11.8 Å². The van der Waals surface area contributed by atoms with Crippen molar-refractivity contribution in [3.63, 3.8) is 0 Å². The lowest BCUT2D eigenvalue weighted by atomic mass is 10.0. The molecule has 8 nitrogen and oxygen atoms in total. The number of amides is 3. The van der Waals surface area contributed by atoms with E-state index < -0.39 is 65.8 Å². The number of nitrogens with one attached hydrogen (secondary N) is 2. The van der Waals surface area contributed by atoms with E-state index >= 15 is 0 Å². The number of alkyl halides is 6. The molecule has 0 spiro atoms. The minimum absolute atomic E-state index is 0.103. The third kappa shape index (κ3) is 7.85. The number of hydrogen-bond acceptors (Lipinski definition) is 5. The van der Waals surface area contributed by atoms with Crippen molar-refractivity contribution < 1.29 is 45.5 Å². The molecule has 3 amide bonds. The lowest BCUT2D eigenvalue weighted by Crippen LogP contribution is -2.55. The van der Waals surface area contributed by atoms with E-state index in [9.17, 15) is 40.7 Å². The van der Waals surface area contributed by atoms with Crippen LogP contribution in [0.4, 0.5) is 32.0 Å². The molecule has 2 atom stereocenters. The molecule has 3 aromatic rings. The summed E-state index contributed by atoms with van der Waals surface area (Å²) in [5, 5.41) is 4.97. The van der Waals surface area contributed by atoms with Crippen LogP contribution in [0.5, 0.6) is 5.75 Å². The number of ether oxygens (including phenoxy) is 1. The highest BCUT2D eigenvalue weighted by Gasteiger charge is 2.36. The van der Waals surface area contributed by atoms with Gasteiger partial charge in [-0.1, -0.05) is 36.4 Å². The molecule has 1 aliphatic heterocycles. The molecule has 0 unspecified atom stereocenters. The maximum atomic E-state index is 13.6. The molecule has 44 heavy (non-hydrogen) atoms. The average Bonchev–Trinajstić information content (AvgIpc) is 3.08. The molecule has 2 N–H and O–H groups in total. The van der Waals surface area contributed by atoms with Crippen LogP contribution < -0.4 is 20.3 Å². The molecule has 1 aliphatic rings. The zero-order valence-electron chi connectivity index (χ0n) is 23.5. The summed E-state index contributed by atoms with van der Waals surface area (Å²) in [4.78, 5) is 45.3. The first-order chi connectivity index (χ1) is 20.6. The Kier molecular flexibility index (Phi) is 9.50. The van der Waals surface area contributed by atoms with Crippen molar-refractivity contribution in [1.29, 1.82) is 0 Å². The van der Waals surface area contributed by atoms with Crippen molar-refractivity contribution in [2.45, 2.75) is 63.8 Å². The van der Waals surface area contributed by atoms with Crippen LogP contribution in [0.2, 0.25) is 0 Å². The smallest absolute Gasteiger partial charge is 0.406 e. The summed E-state index contributed by atoms with van der Waals surface area (Å²) in [7, 11) is 0. The first-order valence-corrected chi connectivity index (χ1v) is 13.5. The Morgan fingerprint density at radius 2 is 1.68 bits per heavy atom. The molecular weight excluding hydrogens is 594 g/mol. The van der Waals surface area contributed by atoms with Crippen LogP contribution in [-0.2, 0) is 28.6 Å². The van der Waals surface area contributed by atoms with Crippen molar-refractivity contribution >= 4 is 23.4 Å². The summed E-state index contributed by atoms with van der Waals surface area (Å²) >= 11 is 0. The van der Waals surface area contributed by atoms with Crippen molar-refractivity contribution in [2.75, 3.05) is 4.90 Å². The van der Waals surface area contributed by atoms with Gasteiger partial charge in [0.25, 0.3) is 5.91 Å². The molecule has 0 radical (unpaired) electrons. The molecule has 2 aromatic carbocycles. The number of benzene rings is 2. The minimum Gasteiger partial charge on any atom is -0.406 e. The van der Waals surface area contributed by atoms with Crippen LogP contribution in [0, 0.1) is 0 Å². The number of carbonyl (C=O) groups excluding carboxylic acids is 3. The highest BCUT2D eigenvalue weighted by molar-refractivity contribution is 6.02. The Bertz CT molecular complexity index is 1510. The van der Waals surface area contributed by atoms with Crippen molar-refractivity contribution in [3.05, 3.63) is 89.2 Å². The summed E-state index contributed by atoms with van der Waals surface area (Å²) in [5.41, 5.74) is -0.121. The van der Waals surface area contributed by atoms with E-state index in [1.807, 2.05) is 12.1 Å². The number of aromatic nitrogens is 1. The quantitative estimate of drug-likeness (QED) is 0.336. The summed E-state index contributed by atoms with van der Waals surface area (Å²) in [6.45, 7) is 3.60. The minimum atomic E-state index is -5.05. The predicted octanol–water partition coefficient (Wildman–Crippen LogP) is 5.21. The number of anilines is 1. The van der Waals surface area contributed by atoms with Gasteiger partial charge >= 0.3 is 12.5 Å². The van der Waals surface area contributed by atoms with E-state index in [4.69, 9.17) is 0 Å². The third-order valence-corrected chi connectivity index (χ3v) is 6.89. The Labute approximate surface area is 248 Å². The third-order valence-electron chi connectivity index (χ3n) is 6.89. The van der Waals surface area contributed by atoms with Gasteiger partial charge < -0.3 is 20.3 Å². The fourth-order valence-electron chi connectivity index (χ4n) is 4.86. The van der Waals surface area contributed by atoms with Gasteiger partial charge in [0.1, 0.15) is 23.5 Å². The van der Waals surface area contributed by atoms with Crippen LogP contribution >= 0.6 is 0 Å². The normalized spacial score (nSPS) is 16.2. The first kappa shape index (κ1) is 32.3. The SMILES string of the molecule is CC(C)N1C(=O)[C@H](NC(=O)[C@@H](Cc2ccccc2OC(F)(F)F)NC(=O)c2ccc(C(F)(F)F)cn2)CCc2ccccc21. The van der Waals surface area contributed by atoms with E-state index in [1.165, 1.54) is 18.2 Å². The number of hydrogen-bond donors (Lipinski definition) is 2. The van der Waals surface area contributed by atoms with Crippen molar-refractivity contribution in [3.8, 4) is 5.75 Å². The Morgan fingerprint density at radius 3 is 2.32 bits per heavy atom. The molecule has 4 rings (SSSR count). The van der Waals surface area contributed by atoms with E-state index in [1.54, 1.807) is 30.9 Å². The molecule has 0 bridgehead atoms. The fourth-order valence-corrected chi connectivity index (χ4v) is 4.86. The van der Waals surface area contributed by atoms with Crippen LogP contribution in [0.15, 0.2) is 66.9 Å². The van der Waals surface area contributed by atoms with Gasteiger partial charge in [-0.3, -0.25) is 19.4 Å². The molecule has 2 heterocycles. The number of fused-ring (bicyclic) bond motifs is 1. The summed E-state index contributed by atoms with van der Waals surface area (Å²) in [5.74, 6) is -3.00. The summed E-state index contributed by atoms with van der Waals surface area (Å²) in [6.07, 6.45) is -9.21. The van der Waals surface area contributed by atoms with E-state index in [2.05, 4.69) is 20.4 Å². The Balaban J connectivity index is 1.62. The van der Waals surface area contributed by atoms with E-state index in [-0.39, 0.29) is 18.0 Å². The number of aryl methyl sites for hydroxylation is 1. The average molecular weight is 623 g/mol. The molecule has 1 aromatic heterocycles. The number of carbonyl (C=O) groups is 3. The number of pyridine rings is 1. The standard InChI is InChI=1S/C30H28F6N4O4/c1-17(2)40-24-9-5-3-7-18(24)11-13-22(28(40)43)38-27(42)23(15-19-8-4-6-10-25(19)44-30(34,35)36)39-26(41)21-14-12-20(16-37-21)29(31,32)33/h3-10,12,14,16-17,22-23H,11,13,15H2,1-2H3,(H,38,42)(H,39,41)/t22-,23-/m1/s1. The second kappa shape index (κ2) is 12.9. The fraction of sp³-hybridized carbons (Fsp3) is 0.333. The molecule has 0 fully saturated rings. The molecule has 234 valence electrons. The number of halogens is 6. The lowest BCUT2D eigenvalue weighted by molar-refractivity contribution is -0.274. The molecule has 0 aliphatic carbocycles. The van der Waals surface area contributed by atoms with Crippen LogP contribution in [0.3, 0.4) is 0 Å². The maximum absolute atomic E-state index is 13.6. The van der Waals surface area contributed by atoms with Crippen molar-refractivity contribution in [1.82, 2.24) is 15.6 Å². The monoisotopic (exact) mass is 622 g/mol. The van der Waals surface area contributed by atoms with Gasteiger partial charge in [-0.2, -0.15) is 13.2 Å². The summed E-state index contributed by atoms with van der Waals surface area (Å²) in [6, 6.07) is 10.8. The highest BCUT2D eigenvalue weighted by atomic mass is 19.4. The van der Waals surface area contributed by atoms with E-state index in [0.29, 0.717) is 24.4 Å². The molecule has 0 saturated heterocycles. The van der Waals surface area contributed by atoms with Crippen LogP contribution in [0.1, 0.15) is 47.4 Å². The zero-order chi connectivity index (χ0) is 32.2. The van der Waals surface area contributed by atoms with Gasteiger partial charge in [0.05, 0.1) is 5.56 Å². The number of para-hydroxylation sites is 2. The van der Waals surface area contributed by atoms with Gasteiger partial charge in [-0.25, -0.2) is 0 Å².